The van der Waals surface area contributed by atoms with Crippen LogP contribution in [-0.2, 0) is 10.0 Å². The van der Waals surface area contributed by atoms with Crippen LogP contribution in [0, 0.1) is 12.7 Å². The Morgan fingerprint density at radius 3 is 2.48 bits per heavy atom. The maximum atomic E-state index is 13.3. The molecule has 0 aliphatic carbocycles. The summed E-state index contributed by atoms with van der Waals surface area (Å²) in [5.74, 6) is -0.682. The minimum atomic E-state index is -3.84. The predicted octanol–water partition coefficient (Wildman–Crippen LogP) is 2.76. The van der Waals surface area contributed by atoms with E-state index < -0.39 is 21.9 Å². The van der Waals surface area contributed by atoms with Crippen LogP contribution in [0.4, 0.5) is 10.1 Å². The molecular formula is C15H17FN2O2S. The summed E-state index contributed by atoms with van der Waals surface area (Å²) in [5, 5.41) is 0. The van der Waals surface area contributed by atoms with Gasteiger partial charge in [0, 0.05) is 11.7 Å². The first-order valence-corrected chi connectivity index (χ1v) is 7.92. The van der Waals surface area contributed by atoms with Gasteiger partial charge in [0.25, 0.3) is 0 Å². The Balaban J connectivity index is 2.31. The maximum absolute atomic E-state index is 13.3. The molecule has 1 atom stereocenters. The van der Waals surface area contributed by atoms with Crippen molar-refractivity contribution in [3.8, 4) is 0 Å². The number of hydrogen-bond acceptors (Lipinski definition) is 3. The fourth-order valence-electron chi connectivity index (χ4n) is 2.18. The Morgan fingerprint density at radius 2 is 1.86 bits per heavy atom. The first kappa shape index (κ1) is 15.5. The Labute approximate surface area is 123 Å². The maximum Gasteiger partial charge on any atom is 0.241 e. The molecule has 112 valence electrons. The molecular weight excluding hydrogens is 291 g/mol. The van der Waals surface area contributed by atoms with Crippen molar-refractivity contribution >= 4 is 15.7 Å². The van der Waals surface area contributed by atoms with E-state index in [1.54, 1.807) is 6.92 Å². The summed E-state index contributed by atoms with van der Waals surface area (Å²) in [7, 11) is -3.84. The molecule has 1 unspecified atom stereocenters. The van der Waals surface area contributed by atoms with E-state index in [1.807, 2.05) is 31.2 Å². The molecule has 0 bridgehead atoms. The summed E-state index contributed by atoms with van der Waals surface area (Å²) >= 11 is 0. The molecule has 0 saturated heterocycles. The lowest BCUT2D eigenvalue weighted by atomic mass is 10.0. The van der Waals surface area contributed by atoms with Crippen LogP contribution in [-0.4, -0.2) is 8.42 Å². The van der Waals surface area contributed by atoms with Crippen LogP contribution < -0.4 is 10.5 Å². The van der Waals surface area contributed by atoms with Crippen molar-refractivity contribution in [1.82, 2.24) is 4.72 Å². The van der Waals surface area contributed by atoms with Gasteiger partial charge in [-0.15, -0.1) is 0 Å². The van der Waals surface area contributed by atoms with Gasteiger partial charge in [-0.05, 0) is 43.2 Å². The van der Waals surface area contributed by atoms with Gasteiger partial charge >= 0.3 is 0 Å². The molecule has 21 heavy (non-hydrogen) atoms. The lowest BCUT2D eigenvalue weighted by Crippen LogP contribution is -2.27. The summed E-state index contributed by atoms with van der Waals surface area (Å²) < 4.78 is 40.4. The van der Waals surface area contributed by atoms with E-state index in [9.17, 15) is 12.8 Å². The largest absolute Gasteiger partial charge is 0.399 e. The molecule has 0 aliphatic rings. The topological polar surface area (TPSA) is 72.2 Å². The zero-order chi connectivity index (χ0) is 15.6. The minimum Gasteiger partial charge on any atom is -0.399 e. The van der Waals surface area contributed by atoms with Crippen molar-refractivity contribution < 1.29 is 12.8 Å². The lowest BCUT2D eigenvalue weighted by Gasteiger charge is -2.17. The number of nitrogens with two attached hydrogens (primary N) is 1. The highest BCUT2D eigenvalue weighted by Crippen LogP contribution is 2.21. The average Bonchev–Trinajstić information content (AvgIpc) is 2.37. The molecule has 0 aliphatic heterocycles. The van der Waals surface area contributed by atoms with Crippen LogP contribution in [0.25, 0.3) is 0 Å². The van der Waals surface area contributed by atoms with E-state index in [0.717, 1.165) is 23.3 Å². The molecule has 0 saturated carbocycles. The third-order valence-electron chi connectivity index (χ3n) is 3.19. The second kappa shape index (κ2) is 5.83. The van der Waals surface area contributed by atoms with Gasteiger partial charge in [0.05, 0.1) is 4.90 Å². The van der Waals surface area contributed by atoms with Crippen molar-refractivity contribution in [3.63, 3.8) is 0 Å². The number of anilines is 1. The summed E-state index contributed by atoms with van der Waals surface area (Å²) in [6.07, 6.45) is 0. The van der Waals surface area contributed by atoms with Crippen molar-refractivity contribution in [2.75, 3.05) is 5.73 Å². The molecule has 6 heteroatoms. The predicted molar refractivity (Wildman–Crippen MR) is 80.7 cm³/mol. The van der Waals surface area contributed by atoms with Gasteiger partial charge in [-0.25, -0.2) is 17.5 Å². The third kappa shape index (κ3) is 3.59. The molecule has 3 N–H and O–H groups in total. The SMILES string of the molecule is Cc1ccccc1C(C)NS(=O)(=O)c1cc(N)cc(F)c1. The number of sulfonamides is 1. The molecule has 2 rings (SSSR count). The van der Waals surface area contributed by atoms with Gasteiger partial charge in [0.2, 0.25) is 10.0 Å². The summed E-state index contributed by atoms with van der Waals surface area (Å²) in [6.45, 7) is 3.64. The van der Waals surface area contributed by atoms with Gasteiger partial charge in [0.1, 0.15) is 5.82 Å². The number of rotatable bonds is 4. The summed E-state index contributed by atoms with van der Waals surface area (Å²) in [6, 6.07) is 10.3. The van der Waals surface area contributed by atoms with E-state index in [1.165, 1.54) is 6.07 Å². The van der Waals surface area contributed by atoms with Crippen LogP contribution in [0.5, 0.6) is 0 Å². The van der Waals surface area contributed by atoms with Crippen molar-refractivity contribution in [2.24, 2.45) is 0 Å². The fraction of sp³-hybridized carbons (Fsp3) is 0.200. The smallest absolute Gasteiger partial charge is 0.241 e. The van der Waals surface area contributed by atoms with E-state index in [-0.39, 0.29) is 10.6 Å². The highest BCUT2D eigenvalue weighted by molar-refractivity contribution is 7.89. The Hall–Kier alpha value is -1.92. The second-order valence-corrected chi connectivity index (χ2v) is 6.63. The van der Waals surface area contributed by atoms with Gasteiger partial charge in [-0.1, -0.05) is 24.3 Å². The number of nitrogens with one attached hydrogen (secondary N) is 1. The van der Waals surface area contributed by atoms with E-state index >= 15 is 0 Å². The number of nitrogen functional groups attached to an aromatic ring is 1. The van der Waals surface area contributed by atoms with Crippen molar-refractivity contribution in [3.05, 3.63) is 59.4 Å². The first-order valence-electron chi connectivity index (χ1n) is 6.43. The van der Waals surface area contributed by atoms with Crippen LogP contribution in [0.15, 0.2) is 47.4 Å². The standard InChI is InChI=1S/C15H17FN2O2S/c1-10-5-3-4-6-15(10)11(2)18-21(19,20)14-8-12(16)7-13(17)9-14/h3-9,11,18H,17H2,1-2H3. The summed E-state index contributed by atoms with van der Waals surface area (Å²) in [4.78, 5) is -0.180. The molecule has 0 fully saturated rings. The zero-order valence-corrected chi connectivity index (χ0v) is 12.6. The van der Waals surface area contributed by atoms with Crippen LogP contribution in [0.1, 0.15) is 24.1 Å². The van der Waals surface area contributed by atoms with Gasteiger partial charge in [-0.2, -0.15) is 0 Å². The molecule has 0 radical (unpaired) electrons. The molecule has 4 nitrogen and oxygen atoms in total. The molecule has 0 spiro atoms. The zero-order valence-electron chi connectivity index (χ0n) is 11.8. The van der Waals surface area contributed by atoms with Crippen molar-refractivity contribution in [2.45, 2.75) is 24.8 Å². The molecule has 2 aromatic rings. The van der Waals surface area contributed by atoms with E-state index in [0.29, 0.717) is 0 Å². The van der Waals surface area contributed by atoms with Crippen LogP contribution in [0.3, 0.4) is 0 Å². The van der Waals surface area contributed by atoms with Crippen LogP contribution >= 0.6 is 0 Å². The number of benzene rings is 2. The minimum absolute atomic E-state index is 0.0684. The molecule has 0 aromatic heterocycles. The third-order valence-corrected chi connectivity index (χ3v) is 4.71. The van der Waals surface area contributed by atoms with Crippen molar-refractivity contribution in [1.29, 1.82) is 0 Å². The van der Waals surface area contributed by atoms with Gasteiger partial charge in [0.15, 0.2) is 0 Å². The van der Waals surface area contributed by atoms with Crippen LogP contribution in [0.2, 0.25) is 0 Å². The number of halogens is 1. The average molecular weight is 308 g/mol. The Morgan fingerprint density at radius 1 is 1.19 bits per heavy atom. The number of aryl methyl sites for hydroxylation is 1. The van der Waals surface area contributed by atoms with Gasteiger partial charge in [-0.3, -0.25) is 0 Å². The summed E-state index contributed by atoms with van der Waals surface area (Å²) in [5.41, 5.74) is 7.40. The molecule has 0 amide bonds. The van der Waals surface area contributed by atoms with E-state index in [4.69, 9.17) is 5.73 Å². The monoisotopic (exact) mass is 308 g/mol. The quantitative estimate of drug-likeness (QED) is 0.853. The van der Waals surface area contributed by atoms with E-state index in [2.05, 4.69) is 4.72 Å². The lowest BCUT2D eigenvalue weighted by molar-refractivity contribution is 0.563. The first-order chi connectivity index (χ1) is 9.79. The Bertz CT molecular complexity index is 740. The molecule has 0 heterocycles. The normalized spacial score (nSPS) is 13.1. The highest BCUT2D eigenvalue weighted by atomic mass is 32.2. The highest BCUT2D eigenvalue weighted by Gasteiger charge is 2.20. The van der Waals surface area contributed by atoms with Gasteiger partial charge < -0.3 is 5.73 Å². The number of hydrogen-bond donors (Lipinski definition) is 2. The molecule has 2 aromatic carbocycles. The second-order valence-electron chi connectivity index (χ2n) is 4.92. The fourth-order valence-corrected chi connectivity index (χ4v) is 3.46. The Kier molecular flexibility index (Phi) is 4.29.